The van der Waals surface area contributed by atoms with Crippen molar-refractivity contribution in [1.29, 1.82) is 0 Å². The average Bonchev–Trinajstić information content (AvgIpc) is 2.79. The first-order valence-electron chi connectivity index (χ1n) is 10.5. The van der Waals surface area contributed by atoms with E-state index in [-0.39, 0.29) is 12.3 Å². The molecule has 172 valence electrons. The first-order valence-corrected chi connectivity index (χ1v) is 10.5. The van der Waals surface area contributed by atoms with Gasteiger partial charge in [0.25, 0.3) is 0 Å². The third-order valence-corrected chi connectivity index (χ3v) is 5.39. The lowest BCUT2D eigenvalue weighted by molar-refractivity contribution is -0.138. The maximum atomic E-state index is 12.9. The van der Waals surface area contributed by atoms with E-state index in [0.717, 1.165) is 17.7 Å². The number of nitrogens with zero attached hydrogens (tertiary/aromatic N) is 5. The third-order valence-electron chi connectivity index (χ3n) is 5.39. The van der Waals surface area contributed by atoms with Gasteiger partial charge in [-0.05, 0) is 48.4 Å². The average molecular weight is 456 g/mol. The zero-order valence-corrected chi connectivity index (χ0v) is 18.0. The fourth-order valence-electron chi connectivity index (χ4n) is 3.63. The molecule has 2 aromatic heterocycles. The Balaban J connectivity index is 1.31. The Kier molecular flexibility index (Phi) is 6.43. The molecule has 4 rings (SSSR count). The molecule has 0 bridgehead atoms. The first-order chi connectivity index (χ1) is 15.8. The van der Waals surface area contributed by atoms with Gasteiger partial charge in [-0.1, -0.05) is 18.2 Å². The van der Waals surface area contributed by atoms with E-state index in [9.17, 15) is 18.0 Å². The van der Waals surface area contributed by atoms with Gasteiger partial charge in [0.15, 0.2) is 11.6 Å². The Morgan fingerprint density at radius 2 is 1.79 bits per heavy atom. The molecule has 1 amide bonds. The van der Waals surface area contributed by atoms with Crippen molar-refractivity contribution < 1.29 is 18.0 Å². The summed E-state index contributed by atoms with van der Waals surface area (Å²) in [5.41, 5.74) is 0.694. The number of aromatic nitrogens is 3. The van der Waals surface area contributed by atoms with Gasteiger partial charge in [0.2, 0.25) is 5.91 Å². The Labute approximate surface area is 189 Å². The molecule has 0 atom stereocenters. The lowest BCUT2D eigenvalue weighted by Gasteiger charge is -2.35. The summed E-state index contributed by atoms with van der Waals surface area (Å²) < 4.78 is 38.7. The second-order valence-electron chi connectivity index (χ2n) is 7.86. The summed E-state index contributed by atoms with van der Waals surface area (Å²) >= 11 is 0. The largest absolute Gasteiger partial charge is 0.416 e. The highest BCUT2D eigenvalue weighted by Crippen LogP contribution is 2.29. The maximum Gasteiger partial charge on any atom is 0.416 e. The quantitative estimate of drug-likeness (QED) is 0.629. The Morgan fingerprint density at radius 1 is 1.00 bits per heavy atom. The summed E-state index contributed by atoms with van der Waals surface area (Å²) in [5, 5.41) is 11.6. The normalized spacial score (nSPS) is 14.3. The monoisotopic (exact) mass is 456 g/mol. The minimum absolute atomic E-state index is 0.0584. The molecule has 0 radical (unpaired) electrons. The number of carbonyl (C=O) groups excluding carboxylic acids is 1. The summed E-state index contributed by atoms with van der Waals surface area (Å²) in [6.45, 7) is 4.04. The van der Waals surface area contributed by atoms with Crippen molar-refractivity contribution in [1.82, 2.24) is 20.1 Å². The number of halogens is 3. The van der Waals surface area contributed by atoms with E-state index in [1.165, 1.54) is 6.07 Å². The summed E-state index contributed by atoms with van der Waals surface area (Å²) in [7, 11) is 0. The molecular formula is C23H23F3N6O. The number of nitrogens with one attached hydrogen (secondary N) is 1. The smallest absolute Gasteiger partial charge is 0.352 e. The molecule has 0 spiro atoms. The van der Waals surface area contributed by atoms with E-state index in [4.69, 9.17) is 0 Å². The van der Waals surface area contributed by atoms with Gasteiger partial charge in [0, 0.05) is 32.4 Å². The van der Waals surface area contributed by atoms with E-state index in [2.05, 4.69) is 20.5 Å². The van der Waals surface area contributed by atoms with E-state index < -0.39 is 11.7 Å². The standard InChI is InChI=1S/C23H23F3N6O/c1-16-7-8-27-20(13-16)28-19-5-6-21(30-29-19)31-9-11-32(12-10-31)22(33)15-17-3-2-4-18(14-17)23(24,25)26/h2-8,13-14H,9-12,15H2,1H3,(H,27,28,29). The molecule has 3 heterocycles. The predicted molar refractivity (Wildman–Crippen MR) is 118 cm³/mol. The van der Waals surface area contributed by atoms with Gasteiger partial charge in [-0.3, -0.25) is 4.79 Å². The third kappa shape index (κ3) is 5.76. The van der Waals surface area contributed by atoms with Gasteiger partial charge in [-0.15, -0.1) is 10.2 Å². The van der Waals surface area contributed by atoms with Crippen molar-refractivity contribution in [2.24, 2.45) is 0 Å². The highest BCUT2D eigenvalue weighted by atomic mass is 19.4. The van der Waals surface area contributed by atoms with Crippen molar-refractivity contribution in [3.63, 3.8) is 0 Å². The molecule has 33 heavy (non-hydrogen) atoms. The zero-order valence-electron chi connectivity index (χ0n) is 18.0. The van der Waals surface area contributed by atoms with Gasteiger partial charge in [0.05, 0.1) is 12.0 Å². The van der Waals surface area contributed by atoms with Gasteiger partial charge < -0.3 is 15.1 Å². The van der Waals surface area contributed by atoms with Crippen molar-refractivity contribution >= 4 is 23.4 Å². The van der Waals surface area contributed by atoms with Gasteiger partial charge in [-0.25, -0.2) is 4.98 Å². The van der Waals surface area contributed by atoms with Gasteiger partial charge in [-0.2, -0.15) is 13.2 Å². The molecule has 1 aliphatic rings. The number of hydrogen-bond acceptors (Lipinski definition) is 6. The maximum absolute atomic E-state index is 12.9. The molecule has 0 aliphatic carbocycles. The fraction of sp³-hybridized carbons (Fsp3) is 0.304. The van der Waals surface area contributed by atoms with Crippen LogP contribution in [0.5, 0.6) is 0 Å². The number of amides is 1. The lowest BCUT2D eigenvalue weighted by atomic mass is 10.1. The Hall–Kier alpha value is -3.69. The summed E-state index contributed by atoms with van der Waals surface area (Å²) in [4.78, 5) is 20.5. The number of hydrogen-bond donors (Lipinski definition) is 1. The molecule has 7 nitrogen and oxygen atoms in total. The van der Waals surface area contributed by atoms with Gasteiger partial charge >= 0.3 is 6.18 Å². The second kappa shape index (κ2) is 9.43. The van der Waals surface area contributed by atoms with Crippen LogP contribution in [0.4, 0.5) is 30.6 Å². The number of rotatable bonds is 5. The second-order valence-corrected chi connectivity index (χ2v) is 7.86. The van der Waals surface area contributed by atoms with Gasteiger partial charge in [0.1, 0.15) is 5.82 Å². The van der Waals surface area contributed by atoms with Crippen LogP contribution in [-0.2, 0) is 17.4 Å². The number of anilines is 3. The molecule has 10 heteroatoms. The number of alkyl halides is 3. The van der Waals surface area contributed by atoms with Crippen LogP contribution in [0.15, 0.2) is 54.7 Å². The van der Waals surface area contributed by atoms with Crippen molar-refractivity contribution in [3.8, 4) is 0 Å². The molecule has 1 saturated heterocycles. The van der Waals surface area contributed by atoms with Crippen molar-refractivity contribution in [2.75, 3.05) is 36.4 Å². The van der Waals surface area contributed by atoms with Crippen LogP contribution in [0.25, 0.3) is 0 Å². The van der Waals surface area contributed by atoms with Crippen LogP contribution in [-0.4, -0.2) is 52.2 Å². The van der Waals surface area contributed by atoms with Crippen molar-refractivity contribution in [2.45, 2.75) is 19.5 Å². The van der Waals surface area contributed by atoms with Crippen LogP contribution in [0.3, 0.4) is 0 Å². The van der Waals surface area contributed by atoms with E-state index in [0.29, 0.717) is 49.2 Å². The Bertz CT molecular complexity index is 1110. The van der Waals surface area contributed by atoms with Crippen molar-refractivity contribution in [3.05, 3.63) is 71.4 Å². The van der Waals surface area contributed by atoms with Crippen LogP contribution >= 0.6 is 0 Å². The van der Waals surface area contributed by atoms with Crippen LogP contribution in [0.1, 0.15) is 16.7 Å². The lowest BCUT2D eigenvalue weighted by Crippen LogP contribution is -2.49. The zero-order chi connectivity index (χ0) is 23.4. The minimum atomic E-state index is -4.42. The molecule has 1 aliphatic heterocycles. The number of pyridine rings is 1. The number of carbonyl (C=O) groups is 1. The number of piperazine rings is 1. The van der Waals surface area contributed by atoms with E-state index in [1.54, 1.807) is 17.2 Å². The molecule has 1 N–H and O–H groups in total. The topological polar surface area (TPSA) is 74.2 Å². The SMILES string of the molecule is Cc1ccnc(Nc2ccc(N3CCN(C(=O)Cc4cccc(C(F)(F)F)c4)CC3)nn2)c1. The molecule has 3 aromatic rings. The fourth-order valence-corrected chi connectivity index (χ4v) is 3.63. The van der Waals surface area contributed by atoms with E-state index >= 15 is 0 Å². The highest BCUT2D eigenvalue weighted by Gasteiger charge is 2.30. The molecular weight excluding hydrogens is 433 g/mol. The Morgan fingerprint density at radius 3 is 2.45 bits per heavy atom. The number of aryl methyl sites for hydroxylation is 1. The molecule has 0 unspecified atom stereocenters. The molecule has 1 aromatic carbocycles. The van der Waals surface area contributed by atoms with E-state index in [1.807, 2.05) is 36.1 Å². The predicted octanol–water partition coefficient (Wildman–Crippen LogP) is 3.83. The van der Waals surface area contributed by atoms with Crippen LogP contribution < -0.4 is 10.2 Å². The summed E-state index contributed by atoms with van der Waals surface area (Å²) in [6, 6.07) is 12.4. The van der Waals surface area contributed by atoms with Crippen LogP contribution in [0, 0.1) is 6.92 Å². The summed E-state index contributed by atoms with van der Waals surface area (Å²) in [5.74, 6) is 1.77. The van der Waals surface area contributed by atoms with Crippen LogP contribution in [0.2, 0.25) is 0 Å². The molecule has 1 fully saturated rings. The minimum Gasteiger partial charge on any atom is -0.352 e. The summed E-state index contributed by atoms with van der Waals surface area (Å²) in [6.07, 6.45) is -2.77. The molecule has 0 saturated carbocycles. The first kappa shape index (κ1) is 22.5. The highest BCUT2D eigenvalue weighted by molar-refractivity contribution is 5.79. The number of benzene rings is 1.